The summed E-state index contributed by atoms with van der Waals surface area (Å²) in [4.78, 5) is 27.4. The van der Waals surface area contributed by atoms with E-state index in [2.05, 4.69) is 12.2 Å². The van der Waals surface area contributed by atoms with Gasteiger partial charge in [0.1, 0.15) is 12.6 Å². The van der Waals surface area contributed by atoms with Crippen molar-refractivity contribution < 1.29 is 14.3 Å². The summed E-state index contributed by atoms with van der Waals surface area (Å²) >= 11 is 1.51. The lowest BCUT2D eigenvalue weighted by Gasteiger charge is -2.35. The Morgan fingerprint density at radius 1 is 1.43 bits per heavy atom. The maximum atomic E-state index is 12.6. The van der Waals surface area contributed by atoms with Gasteiger partial charge in [-0.05, 0) is 30.2 Å². The van der Waals surface area contributed by atoms with Gasteiger partial charge in [0.25, 0.3) is 0 Å². The van der Waals surface area contributed by atoms with Crippen molar-refractivity contribution in [2.45, 2.75) is 44.8 Å². The van der Waals surface area contributed by atoms with Crippen LogP contribution in [-0.4, -0.2) is 42.5 Å². The van der Waals surface area contributed by atoms with E-state index in [9.17, 15) is 9.59 Å². The van der Waals surface area contributed by atoms with Gasteiger partial charge in [-0.2, -0.15) is 0 Å². The predicted molar refractivity (Wildman–Crippen MR) is 89.2 cm³/mol. The highest BCUT2D eigenvalue weighted by Gasteiger charge is 2.35. The van der Waals surface area contributed by atoms with E-state index in [4.69, 9.17) is 4.74 Å². The molecule has 5 nitrogen and oxygen atoms in total. The number of carbonyl (C=O) groups excluding carboxylic acids is 2. The Morgan fingerprint density at radius 2 is 2.26 bits per heavy atom. The minimum absolute atomic E-state index is 0.0736. The van der Waals surface area contributed by atoms with Crippen molar-refractivity contribution in [1.29, 1.82) is 0 Å². The lowest BCUT2D eigenvalue weighted by atomic mass is 9.88. The van der Waals surface area contributed by atoms with Crippen LogP contribution in [0, 0.1) is 5.92 Å². The number of piperazine rings is 1. The number of thiophene rings is 1. The Morgan fingerprint density at radius 3 is 3.00 bits per heavy atom. The summed E-state index contributed by atoms with van der Waals surface area (Å²) in [7, 11) is 0. The molecule has 0 spiro atoms. The lowest BCUT2D eigenvalue weighted by Crippen LogP contribution is -2.53. The van der Waals surface area contributed by atoms with Gasteiger partial charge >= 0.3 is 0 Å². The van der Waals surface area contributed by atoms with Crippen LogP contribution in [0.3, 0.4) is 0 Å². The molecule has 0 bridgehead atoms. The number of nitrogens with zero attached hydrogens (tertiary/aromatic N) is 1. The van der Waals surface area contributed by atoms with Crippen molar-refractivity contribution in [3.63, 3.8) is 0 Å². The first kappa shape index (κ1) is 16.5. The van der Waals surface area contributed by atoms with Gasteiger partial charge in [-0.1, -0.05) is 25.8 Å². The fourth-order valence-electron chi connectivity index (χ4n) is 3.46. The van der Waals surface area contributed by atoms with E-state index < -0.39 is 6.04 Å². The molecule has 2 fully saturated rings. The highest BCUT2D eigenvalue weighted by atomic mass is 32.1. The van der Waals surface area contributed by atoms with E-state index in [0.717, 1.165) is 11.3 Å². The first-order chi connectivity index (χ1) is 11.2. The van der Waals surface area contributed by atoms with Crippen molar-refractivity contribution in [3.8, 4) is 0 Å². The van der Waals surface area contributed by atoms with Crippen molar-refractivity contribution in [2.24, 2.45) is 5.92 Å². The summed E-state index contributed by atoms with van der Waals surface area (Å²) in [5.74, 6) is 0.323. The number of carbonyl (C=O) groups is 2. The Bertz CT molecular complexity index is 546. The van der Waals surface area contributed by atoms with E-state index >= 15 is 0 Å². The third-order valence-electron chi connectivity index (χ3n) is 4.80. The van der Waals surface area contributed by atoms with Gasteiger partial charge in [-0.3, -0.25) is 9.59 Å². The molecule has 1 aliphatic carbocycles. The van der Waals surface area contributed by atoms with Crippen LogP contribution in [0.25, 0.3) is 0 Å². The standard InChI is InChI=1S/C17H24N2O3S/c1-12-5-2-3-6-13(12)22-11-15(20)19-9-8-18-17(21)16(19)14-7-4-10-23-14/h4,7,10,12-13,16H,2-3,5-6,8-9,11H2,1H3,(H,18,21). The van der Waals surface area contributed by atoms with Gasteiger partial charge in [-0.15, -0.1) is 11.3 Å². The topological polar surface area (TPSA) is 58.6 Å². The molecule has 2 aliphatic rings. The van der Waals surface area contributed by atoms with Crippen molar-refractivity contribution in [2.75, 3.05) is 19.7 Å². The molecule has 1 saturated carbocycles. The molecule has 1 aromatic heterocycles. The molecule has 2 heterocycles. The second-order valence-corrected chi connectivity index (χ2v) is 7.39. The van der Waals surface area contributed by atoms with Crippen LogP contribution in [0.5, 0.6) is 0 Å². The highest BCUT2D eigenvalue weighted by Crippen LogP contribution is 2.29. The molecular weight excluding hydrogens is 312 g/mol. The molecule has 0 aromatic carbocycles. The molecule has 1 saturated heterocycles. The van der Waals surface area contributed by atoms with Gasteiger partial charge in [0.05, 0.1) is 6.10 Å². The zero-order valence-electron chi connectivity index (χ0n) is 13.5. The second kappa shape index (κ2) is 7.45. The average Bonchev–Trinajstić information content (AvgIpc) is 3.07. The molecule has 0 radical (unpaired) electrons. The molecule has 1 aromatic rings. The quantitative estimate of drug-likeness (QED) is 0.918. The second-order valence-electron chi connectivity index (χ2n) is 6.41. The SMILES string of the molecule is CC1CCCCC1OCC(=O)N1CCNC(=O)C1c1cccs1. The number of amides is 2. The van der Waals surface area contributed by atoms with E-state index in [1.54, 1.807) is 4.90 Å². The third-order valence-corrected chi connectivity index (χ3v) is 5.72. The maximum absolute atomic E-state index is 12.6. The first-order valence-corrected chi connectivity index (χ1v) is 9.27. The number of hydrogen-bond donors (Lipinski definition) is 1. The molecule has 1 N–H and O–H groups in total. The van der Waals surface area contributed by atoms with Crippen molar-refractivity contribution >= 4 is 23.2 Å². The minimum atomic E-state index is -0.511. The Balaban J connectivity index is 1.63. The molecule has 126 valence electrons. The Hall–Kier alpha value is -1.40. The van der Waals surface area contributed by atoms with Gasteiger partial charge in [0.15, 0.2) is 0 Å². The van der Waals surface area contributed by atoms with Crippen LogP contribution in [-0.2, 0) is 14.3 Å². The number of hydrogen-bond acceptors (Lipinski definition) is 4. The van der Waals surface area contributed by atoms with E-state index in [0.29, 0.717) is 19.0 Å². The smallest absolute Gasteiger partial charge is 0.249 e. The summed E-state index contributed by atoms with van der Waals surface area (Å²) in [5.41, 5.74) is 0. The van der Waals surface area contributed by atoms with E-state index in [1.807, 2.05) is 17.5 Å². The fourth-order valence-corrected chi connectivity index (χ4v) is 4.29. The molecule has 23 heavy (non-hydrogen) atoms. The number of rotatable bonds is 4. The average molecular weight is 336 g/mol. The lowest BCUT2D eigenvalue weighted by molar-refractivity contribution is -0.149. The molecular formula is C17H24N2O3S. The van der Waals surface area contributed by atoms with Gasteiger partial charge in [0.2, 0.25) is 11.8 Å². The van der Waals surface area contributed by atoms with E-state index in [-0.39, 0.29) is 24.5 Å². The summed E-state index contributed by atoms with van der Waals surface area (Å²) < 4.78 is 5.89. The predicted octanol–water partition coefficient (Wildman–Crippen LogP) is 2.34. The van der Waals surface area contributed by atoms with Crippen LogP contribution in [0.4, 0.5) is 0 Å². The summed E-state index contributed by atoms with van der Waals surface area (Å²) in [6, 6.07) is 3.30. The van der Waals surface area contributed by atoms with Crippen molar-refractivity contribution in [3.05, 3.63) is 22.4 Å². The molecule has 3 rings (SSSR count). The Kier molecular flexibility index (Phi) is 5.33. The van der Waals surface area contributed by atoms with Crippen LogP contribution in [0.2, 0.25) is 0 Å². The van der Waals surface area contributed by atoms with E-state index in [1.165, 1.54) is 30.6 Å². The molecule has 3 atom stereocenters. The van der Waals surface area contributed by atoms with Crippen molar-refractivity contribution in [1.82, 2.24) is 10.2 Å². The zero-order valence-corrected chi connectivity index (χ0v) is 14.3. The monoisotopic (exact) mass is 336 g/mol. The molecule has 2 amide bonds. The third kappa shape index (κ3) is 3.75. The number of nitrogens with one attached hydrogen (secondary N) is 1. The first-order valence-electron chi connectivity index (χ1n) is 8.39. The molecule has 3 unspecified atom stereocenters. The summed E-state index contributed by atoms with van der Waals surface area (Å²) in [6.45, 7) is 3.31. The summed E-state index contributed by atoms with van der Waals surface area (Å²) in [5, 5.41) is 4.78. The number of ether oxygens (including phenoxy) is 1. The van der Waals surface area contributed by atoms with Crippen LogP contribution >= 0.6 is 11.3 Å². The normalized spacial score (nSPS) is 28.5. The molecule has 1 aliphatic heterocycles. The van der Waals surface area contributed by atoms with Gasteiger partial charge in [-0.25, -0.2) is 0 Å². The maximum Gasteiger partial charge on any atom is 0.249 e. The fraction of sp³-hybridized carbons (Fsp3) is 0.647. The van der Waals surface area contributed by atoms with Crippen LogP contribution in [0.1, 0.15) is 43.5 Å². The van der Waals surface area contributed by atoms with Crippen LogP contribution < -0.4 is 5.32 Å². The van der Waals surface area contributed by atoms with Gasteiger partial charge < -0.3 is 15.0 Å². The van der Waals surface area contributed by atoms with Crippen LogP contribution in [0.15, 0.2) is 17.5 Å². The van der Waals surface area contributed by atoms with Gasteiger partial charge in [0, 0.05) is 18.0 Å². The summed E-state index contributed by atoms with van der Waals surface area (Å²) in [6.07, 6.45) is 4.80. The molecule has 6 heteroatoms. The largest absolute Gasteiger partial charge is 0.368 e. The minimum Gasteiger partial charge on any atom is -0.368 e. The Labute approximate surface area is 141 Å². The zero-order chi connectivity index (χ0) is 16.2. The highest BCUT2D eigenvalue weighted by molar-refractivity contribution is 7.10.